The quantitative estimate of drug-likeness (QED) is 0.766. The fourth-order valence-electron chi connectivity index (χ4n) is 2.85. The van der Waals surface area contributed by atoms with E-state index in [2.05, 4.69) is 26.1 Å². The Balaban J connectivity index is 2.57. The Bertz CT molecular complexity index is 286. The smallest absolute Gasteiger partial charge is 0.227 e. The molecule has 1 fully saturated rings. The lowest BCUT2D eigenvalue weighted by atomic mass is 9.74. The van der Waals surface area contributed by atoms with Gasteiger partial charge in [0, 0.05) is 6.04 Å². The van der Waals surface area contributed by atoms with E-state index in [-0.39, 0.29) is 24.2 Å². The van der Waals surface area contributed by atoms with Crippen LogP contribution in [0.25, 0.3) is 0 Å². The third kappa shape index (κ3) is 4.49. The number of ketones is 1. The summed E-state index contributed by atoms with van der Waals surface area (Å²) in [7, 11) is 0. The Morgan fingerprint density at radius 3 is 2.47 bits per heavy atom. The lowest BCUT2D eigenvalue weighted by molar-refractivity contribution is -0.128. The minimum Gasteiger partial charge on any atom is -0.353 e. The van der Waals surface area contributed by atoms with Crippen LogP contribution in [0.5, 0.6) is 0 Å². The fourth-order valence-corrected chi connectivity index (χ4v) is 2.85. The zero-order valence-electron chi connectivity index (χ0n) is 11.5. The molecule has 3 nitrogen and oxygen atoms in total. The molecule has 3 atom stereocenters. The zero-order chi connectivity index (χ0) is 13.0. The number of carbonyl (C=O) groups is 2. The number of amides is 1. The summed E-state index contributed by atoms with van der Waals surface area (Å²) >= 11 is 0. The van der Waals surface area contributed by atoms with Gasteiger partial charge in [0.15, 0.2) is 0 Å². The molecule has 1 amide bonds. The molecule has 1 rings (SSSR count). The van der Waals surface area contributed by atoms with Gasteiger partial charge in [0.2, 0.25) is 5.91 Å². The Morgan fingerprint density at radius 1 is 1.29 bits per heavy atom. The van der Waals surface area contributed by atoms with Gasteiger partial charge in [0.25, 0.3) is 0 Å². The minimum absolute atomic E-state index is 0.0235. The highest BCUT2D eigenvalue weighted by Crippen LogP contribution is 2.33. The van der Waals surface area contributed by atoms with Crippen LogP contribution in [-0.2, 0) is 9.59 Å². The van der Waals surface area contributed by atoms with Crippen LogP contribution in [0.15, 0.2) is 0 Å². The van der Waals surface area contributed by atoms with Crippen molar-refractivity contribution in [3.8, 4) is 0 Å². The van der Waals surface area contributed by atoms with Crippen molar-refractivity contribution in [2.24, 2.45) is 17.8 Å². The maximum atomic E-state index is 11.7. The highest BCUT2D eigenvalue weighted by Gasteiger charge is 2.31. The average molecular weight is 239 g/mol. The van der Waals surface area contributed by atoms with Crippen LogP contribution in [0, 0.1) is 17.8 Å². The van der Waals surface area contributed by atoms with Gasteiger partial charge in [-0.15, -0.1) is 0 Å². The molecule has 1 aliphatic rings. The van der Waals surface area contributed by atoms with E-state index in [1.807, 2.05) is 0 Å². The molecule has 1 N–H and O–H groups in total. The van der Waals surface area contributed by atoms with Gasteiger partial charge in [0.1, 0.15) is 5.78 Å². The Kier molecular flexibility index (Phi) is 5.16. The normalized spacial score (nSPS) is 29.1. The van der Waals surface area contributed by atoms with E-state index >= 15 is 0 Å². The predicted molar refractivity (Wildman–Crippen MR) is 68.6 cm³/mol. The van der Waals surface area contributed by atoms with Crippen molar-refractivity contribution in [1.82, 2.24) is 5.32 Å². The van der Waals surface area contributed by atoms with Crippen LogP contribution in [0.4, 0.5) is 0 Å². The number of nitrogens with one attached hydrogen (secondary N) is 1. The van der Waals surface area contributed by atoms with Crippen molar-refractivity contribution in [3.63, 3.8) is 0 Å². The van der Waals surface area contributed by atoms with Crippen LogP contribution in [-0.4, -0.2) is 17.7 Å². The molecule has 0 aliphatic heterocycles. The summed E-state index contributed by atoms with van der Waals surface area (Å²) in [5.41, 5.74) is 0. The van der Waals surface area contributed by atoms with Crippen LogP contribution in [0.3, 0.4) is 0 Å². The number of hydrogen-bond acceptors (Lipinski definition) is 2. The largest absolute Gasteiger partial charge is 0.353 e. The second-order valence-electron chi connectivity index (χ2n) is 5.88. The first-order valence-corrected chi connectivity index (χ1v) is 6.69. The number of hydrogen-bond donors (Lipinski definition) is 1. The Morgan fingerprint density at radius 2 is 1.94 bits per heavy atom. The molecule has 98 valence electrons. The molecule has 0 heterocycles. The Labute approximate surface area is 104 Å². The summed E-state index contributed by atoms with van der Waals surface area (Å²) in [6, 6.07) is 0.255. The average Bonchev–Trinajstić information content (AvgIpc) is 2.15. The van der Waals surface area contributed by atoms with Crippen molar-refractivity contribution < 1.29 is 9.59 Å². The molecule has 0 spiro atoms. The van der Waals surface area contributed by atoms with Crippen LogP contribution in [0.2, 0.25) is 0 Å². The second kappa shape index (κ2) is 6.18. The Hall–Kier alpha value is -0.860. The molecule has 1 saturated carbocycles. The molecule has 0 saturated heterocycles. The topological polar surface area (TPSA) is 46.2 Å². The van der Waals surface area contributed by atoms with E-state index in [1.165, 1.54) is 19.8 Å². The third-order valence-electron chi connectivity index (χ3n) is 3.78. The summed E-state index contributed by atoms with van der Waals surface area (Å²) in [6.45, 7) is 8.12. The monoisotopic (exact) mass is 239 g/mol. The van der Waals surface area contributed by atoms with Gasteiger partial charge < -0.3 is 5.32 Å². The van der Waals surface area contributed by atoms with Crippen molar-refractivity contribution in [2.45, 2.75) is 59.4 Å². The van der Waals surface area contributed by atoms with E-state index in [9.17, 15) is 9.59 Å². The fraction of sp³-hybridized carbons (Fsp3) is 0.857. The molecule has 0 aromatic heterocycles. The first-order valence-electron chi connectivity index (χ1n) is 6.69. The molecular formula is C14H25NO2. The SMILES string of the molecule is CC(=O)CC(=O)NC1CC(C)CCC1C(C)C. The van der Waals surface area contributed by atoms with Gasteiger partial charge in [-0.05, 0) is 37.5 Å². The van der Waals surface area contributed by atoms with Gasteiger partial charge in [-0.25, -0.2) is 0 Å². The summed E-state index contributed by atoms with van der Waals surface area (Å²) in [5.74, 6) is 1.65. The highest BCUT2D eigenvalue weighted by molar-refractivity contribution is 5.96. The minimum atomic E-state index is -0.109. The zero-order valence-corrected chi connectivity index (χ0v) is 11.5. The molecule has 3 heteroatoms. The van der Waals surface area contributed by atoms with Crippen LogP contribution >= 0.6 is 0 Å². The van der Waals surface area contributed by atoms with Gasteiger partial charge >= 0.3 is 0 Å². The standard InChI is InChI=1S/C14H25NO2/c1-9(2)12-6-5-10(3)7-13(12)15-14(17)8-11(4)16/h9-10,12-13H,5-8H2,1-4H3,(H,15,17). The molecule has 0 aromatic carbocycles. The van der Waals surface area contributed by atoms with Gasteiger partial charge in [-0.1, -0.05) is 27.2 Å². The van der Waals surface area contributed by atoms with Crippen molar-refractivity contribution in [2.75, 3.05) is 0 Å². The lowest BCUT2D eigenvalue weighted by Gasteiger charge is -2.37. The van der Waals surface area contributed by atoms with E-state index in [1.54, 1.807) is 0 Å². The van der Waals surface area contributed by atoms with E-state index < -0.39 is 0 Å². The van der Waals surface area contributed by atoms with Crippen LogP contribution < -0.4 is 5.32 Å². The summed E-state index contributed by atoms with van der Waals surface area (Å²) in [4.78, 5) is 22.6. The molecule has 3 unspecified atom stereocenters. The van der Waals surface area contributed by atoms with Crippen molar-refractivity contribution >= 4 is 11.7 Å². The summed E-state index contributed by atoms with van der Waals surface area (Å²) in [6.07, 6.45) is 3.51. The number of carbonyl (C=O) groups excluding carboxylic acids is 2. The second-order valence-corrected chi connectivity index (χ2v) is 5.88. The number of rotatable bonds is 4. The molecule has 0 radical (unpaired) electrons. The third-order valence-corrected chi connectivity index (χ3v) is 3.78. The lowest BCUT2D eigenvalue weighted by Crippen LogP contribution is -2.45. The maximum Gasteiger partial charge on any atom is 0.227 e. The highest BCUT2D eigenvalue weighted by atomic mass is 16.2. The first-order chi connectivity index (χ1) is 7.90. The first kappa shape index (κ1) is 14.2. The van der Waals surface area contributed by atoms with E-state index in [0.717, 1.165) is 6.42 Å². The van der Waals surface area contributed by atoms with Crippen molar-refractivity contribution in [3.05, 3.63) is 0 Å². The summed E-state index contributed by atoms with van der Waals surface area (Å²) < 4.78 is 0. The predicted octanol–water partition coefficient (Wildman–Crippen LogP) is 2.54. The molecule has 0 aromatic rings. The summed E-state index contributed by atoms with van der Waals surface area (Å²) in [5, 5.41) is 3.05. The number of Topliss-reactive ketones (excluding diaryl/α,β-unsaturated/α-hetero) is 1. The molecule has 0 bridgehead atoms. The molecule has 1 aliphatic carbocycles. The van der Waals surface area contributed by atoms with E-state index in [0.29, 0.717) is 17.8 Å². The van der Waals surface area contributed by atoms with Gasteiger partial charge in [0.05, 0.1) is 6.42 Å². The molecular weight excluding hydrogens is 214 g/mol. The van der Waals surface area contributed by atoms with Gasteiger partial charge in [-0.3, -0.25) is 9.59 Å². The van der Waals surface area contributed by atoms with Gasteiger partial charge in [-0.2, -0.15) is 0 Å². The molecule has 17 heavy (non-hydrogen) atoms. The van der Waals surface area contributed by atoms with E-state index in [4.69, 9.17) is 0 Å². The van der Waals surface area contributed by atoms with Crippen molar-refractivity contribution in [1.29, 1.82) is 0 Å². The maximum absolute atomic E-state index is 11.7. The van der Waals surface area contributed by atoms with Crippen LogP contribution in [0.1, 0.15) is 53.4 Å².